The minimum absolute atomic E-state index is 0.0551. The fourth-order valence-corrected chi connectivity index (χ4v) is 8.17. The molecule has 12 nitrogen and oxygen atoms in total. The molecule has 4 aliphatic rings. The molecule has 248 valence electrons. The van der Waals surface area contributed by atoms with Gasteiger partial charge in [0.15, 0.2) is 5.82 Å². The molecule has 47 heavy (non-hydrogen) atoms. The van der Waals surface area contributed by atoms with Gasteiger partial charge in [0.25, 0.3) is 0 Å². The molecule has 1 spiro atoms. The van der Waals surface area contributed by atoms with Gasteiger partial charge in [-0.25, -0.2) is 15.0 Å². The molecule has 0 radical (unpaired) electrons. The Bertz CT molecular complexity index is 1620. The Morgan fingerprint density at radius 3 is 2.51 bits per heavy atom. The Labute approximate surface area is 279 Å². The van der Waals surface area contributed by atoms with Crippen molar-refractivity contribution in [2.75, 3.05) is 61.4 Å². The van der Waals surface area contributed by atoms with E-state index in [-0.39, 0.29) is 35.3 Å². The molecule has 1 aromatic carbocycles. The highest BCUT2D eigenvalue weighted by molar-refractivity contribution is 7.99. The number of hydrogen-bond donors (Lipinski definition) is 3. The summed E-state index contributed by atoms with van der Waals surface area (Å²) in [6.45, 7) is 8.70. The van der Waals surface area contributed by atoms with E-state index in [4.69, 9.17) is 26.2 Å². The van der Waals surface area contributed by atoms with Crippen LogP contribution < -0.4 is 26.6 Å². The quantitative estimate of drug-likeness (QED) is 0.320. The third-order valence-corrected chi connectivity index (χ3v) is 11.4. The first-order valence-corrected chi connectivity index (χ1v) is 17.4. The summed E-state index contributed by atoms with van der Waals surface area (Å²) in [5, 5.41) is 3.18. The van der Waals surface area contributed by atoms with Crippen molar-refractivity contribution in [2.45, 2.75) is 67.1 Å². The van der Waals surface area contributed by atoms with Crippen molar-refractivity contribution in [3.05, 3.63) is 59.9 Å². The first-order chi connectivity index (χ1) is 22.8. The second kappa shape index (κ2) is 13.4. The van der Waals surface area contributed by atoms with E-state index in [1.165, 1.54) is 11.8 Å². The summed E-state index contributed by atoms with van der Waals surface area (Å²) in [5.74, 6) is 1.49. The maximum Gasteiger partial charge on any atom is 0.234 e. The predicted molar refractivity (Wildman–Crippen MR) is 181 cm³/mol. The number of rotatable bonds is 7. The van der Waals surface area contributed by atoms with Gasteiger partial charge in [0.1, 0.15) is 16.7 Å². The van der Waals surface area contributed by atoms with Gasteiger partial charge in [-0.1, -0.05) is 36.0 Å². The average molecular weight is 658 g/mol. The molecule has 4 saturated heterocycles. The van der Waals surface area contributed by atoms with Crippen LogP contribution in [0.2, 0.25) is 0 Å². The number of imide groups is 1. The SMILES string of the molecule is C[C@@H]1OCC2(CCN(c3cnc(Sc4ccnc(N5CCN(Cc6ccccc6C6CCC(=O)NC6=O)CC5)c4)c(N)n3)CC2)[C@@H]1N. The van der Waals surface area contributed by atoms with E-state index < -0.39 is 0 Å². The molecule has 4 fully saturated rings. The van der Waals surface area contributed by atoms with E-state index in [2.05, 4.69) is 44.1 Å². The molecule has 2 amide bonds. The van der Waals surface area contributed by atoms with Gasteiger partial charge in [-0.2, -0.15) is 0 Å². The van der Waals surface area contributed by atoms with Gasteiger partial charge >= 0.3 is 0 Å². The number of carbonyl (C=O) groups is 2. The van der Waals surface area contributed by atoms with Crippen molar-refractivity contribution in [3.8, 4) is 0 Å². The molecule has 7 rings (SSSR count). The summed E-state index contributed by atoms with van der Waals surface area (Å²) < 4.78 is 5.87. The average Bonchev–Trinajstić information content (AvgIpc) is 3.35. The fourth-order valence-electron chi connectivity index (χ4n) is 7.40. The summed E-state index contributed by atoms with van der Waals surface area (Å²) >= 11 is 1.50. The van der Waals surface area contributed by atoms with Gasteiger partial charge < -0.3 is 26.0 Å². The van der Waals surface area contributed by atoms with Crippen LogP contribution in [-0.4, -0.2) is 89.7 Å². The molecular weight excluding hydrogens is 615 g/mol. The van der Waals surface area contributed by atoms with Gasteiger partial charge in [0.05, 0.1) is 24.8 Å². The van der Waals surface area contributed by atoms with Crippen molar-refractivity contribution >= 4 is 41.0 Å². The number of hydrogen-bond acceptors (Lipinski definition) is 12. The molecule has 4 aliphatic heterocycles. The predicted octanol–water partition coefficient (Wildman–Crippen LogP) is 2.78. The number of ether oxygens (including phenoxy) is 1. The number of nitrogen functional groups attached to an aromatic ring is 1. The van der Waals surface area contributed by atoms with Crippen LogP contribution in [0, 0.1) is 5.41 Å². The van der Waals surface area contributed by atoms with Crippen molar-refractivity contribution in [2.24, 2.45) is 11.1 Å². The summed E-state index contributed by atoms with van der Waals surface area (Å²) in [7, 11) is 0. The number of piperidine rings is 2. The van der Waals surface area contributed by atoms with E-state index in [0.717, 1.165) is 92.9 Å². The number of pyridine rings is 1. The lowest BCUT2D eigenvalue weighted by Gasteiger charge is -2.41. The molecule has 3 atom stereocenters. The number of nitrogens with one attached hydrogen (secondary N) is 1. The minimum Gasteiger partial charge on any atom is -0.381 e. The van der Waals surface area contributed by atoms with Gasteiger partial charge in [-0.05, 0) is 49.4 Å². The van der Waals surface area contributed by atoms with Gasteiger partial charge in [-0.15, -0.1) is 0 Å². The number of nitrogens with zero attached hydrogens (tertiary/aromatic N) is 6. The monoisotopic (exact) mass is 657 g/mol. The smallest absolute Gasteiger partial charge is 0.234 e. The summed E-state index contributed by atoms with van der Waals surface area (Å²) in [6, 6.07) is 12.2. The van der Waals surface area contributed by atoms with E-state index >= 15 is 0 Å². The largest absolute Gasteiger partial charge is 0.381 e. The third kappa shape index (κ3) is 6.67. The van der Waals surface area contributed by atoms with Crippen molar-refractivity contribution < 1.29 is 14.3 Å². The fraction of sp³-hybridized carbons (Fsp3) is 0.500. The number of nitrogens with two attached hydrogens (primary N) is 2. The number of aromatic nitrogens is 3. The third-order valence-electron chi connectivity index (χ3n) is 10.4. The van der Waals surface area contributed by atoms with Crippen molar-refractivity contribution in [1.29, 1.82) is 0 Å². The van der Waals surface area contributed by atoms with Crippen molar-refractivity contribution in [1.82, 2.24) is 25.2 Å². The zero-order valence-electron chi connectivity index (χ0n) is 26.8. The number of benzene rings is 1. The van der Waals surface area contributed by atoms with Crippen LogP contribution in [0.4, 0.5) is 17.5 Å². The second-order valence-electron chi connectivity index (χ2n) is 13.2. The molecular formula is C34H43N9O3S. The lowest BCUT2D eigenvalue weighted by molar-refractivity contribution is -0.134. The zero-order chi connectivity index (χ0) is 32.5. The first kappa shape index (κ1) is 31.8. The van der Waals surface area contributed by atoms with Crippen LogP contribution in [0.3, 0.4) is 0 Å². The van der Waals surface area contributed by atoms with Crippen LogP contribution in [-0.2, 0) is 20.9 Å². The van der Waals surface area contributed by atoms with Gasteiger partial charge in [-0.3, -0.25) is 19.8 Å². The topological polar surface area (TPSA) is 156 Å². The molecule has 5 N–H and O–H groups in total. The molecule has 1 unspecified atom stereocenters. The van der Waals surface area contributed by atoms with Crippen LogP contribution in [0.25, 0.3) is 0 Å². The number of carbonyl (C=O) groups excluding carboxylic acids is 2. The van der Waals surface area contributed by atoms with Crippen LogP contribution in [0.15, 0.2) is 58.7 Å². The molecule has 0 saturated carbocycles. The molecule has 0 aliphatic carbocycles. The molecule has 6 heterocycles. The Balaban J connectivity index is 0.942. The van der Waals surface area contributed by atoms with Gasteiger partial charge in [0.2, 0.25) is 11.8 Å². The minimum atomic E-state index is -0.280. The molecule has 3 aromatic rings. The molecule has 0 bridgehead atoms. The number of anilines is 3. The zero-order valence-corrected chi connectivity index (χ0v) is 27.6. The Morgan fingerprint density at radius 2 is 1.79 bits per heavy atom. The second-order valence-corrected chi connectivity index (χ2v) is 14.3. The first-order valence-electron chi connectivity index (χ1n) is 16.6. The molecule has 13 heteroatoms. The highest BCUT2D eigenvalue weighted by Crippen LogP contribution is 2.42. The lowest BCUT2D eigenvalue weighted by Crippen LogP contribution is -2.50. The van der Waals surface area contributed by atoms with E-state index in [0.29, 0.717) is 23.7 Å². The van der Waals surface area contributed by atoms with Gasteiger partial charge in [0, 0.05) is 74.8 Å². The van der Waals surface area contributed by atoms with E-state index in [1.54, 1.807) is 0 Å². The normalized spacial score (nSPS) is 24.9. The Morgan fingerprint density at radius 1 is 1.02 bits per heavy atom. The highest BCUT2D eigenvalue weighted by atomic mass is 32.2. The maximum atomic E-state index is 12.6. The highest BCUT2D eigenvalue weighted by Gasteiger charge is 2.47. The number of piperazine rings is 1. The maximum absolute atomic E-state index is 12.6. The number of amides is 2. The Hall–Kier alpha value is -3.78. The van der Waals surface area contributed by atoms with Crippen LogP contribution >= 0.6 is 11.8 Å². The summed E-state index contributed by atoms with van der Waals surface area (Å²) in [4.78, 5) is 46.3. The van der Waals surface area contributed by atoms with E-state index in [1.807, 2.05) is 36.7 Å². The van der Waals surface area contributed by atoms with Crippen LogP contribution in [0.5, 0.6) is 0 Å². The van der Waals surface area contributed by atoms with Crippen molar-refractivity contribution in [3.63, 3.8) is 0 Å². The van der Waals surface area contributed by atoms with Crippen LogP contribution in [0.1, 0.15) is 49.7 Å². The van der Waals surface area contributed by atoms with E-state index in [9.17, 15) is 9.59 Å². The lowest BCUT2D eigenvalue weighted by atomic mass is 9.73. The standard InChI is InChI=1S/C34H43N9O3S/c1-22-30(35)34(21-46-22)9-12-42(13-10-34)28-19-38-33(31(36)39-28)47-24-8-11-37-27(18-24)43-16-14-41(15-17-43)20-23-4-2-3-5-25(23)26-6-7-29(44)40-32(26)45/h2-5,8,11,18-19,22,26,30H,6-7,9-10,12-17,20-21,35H2,1H3,(H2,36,39)(H,40,44,45)/t22-,26?,30+/m0/s1. The molecule has 2 aromatic heterocycles. The summed E-state index contributed by atoms with van der Waals surface area (Å²) in [6.07, 6.45) is 6.64. The Kier molecular flexibility index (Phi) is 9.05. The summed E-state index contributed by atoms with van der Waals surface area (Å²) in [5.41, 5.74) is 15.1.